The van der Waals surface area contributed by atoms with Gasteiger partial charge in [0.25, 0.3) is 5.58 Å². The van der Waals surface area contributed by atoms with Crippen molar-refractivity contribution in [2.75, 3.05) is 0 Å². The lowest BCUT2D eigenvalue weighted by atomic mass is 10.1. The molecule has 4 aromatic rings. The Hall–Kier alpha value is -2.62. The molecule has 90 valence electrons. The van der Waals surface area contributed by atoms with Crippen LogP contribution in [0.4, 0.5) is 0 Å². The SMILES string of the molecule is c1ccc2c(c1)C[n+]1c-2oc2c3cccnc3oc21. The van der Waals surface area contributed by atoms with Crippen LogP contribution in [0.3, 0.4) is 0 Å². The summed E-state index contributed by atoms with van der Waals surface area (Å²) in [5.41, 5.74) is 4.58. The van der Waals surface area contributed by atoms with E-state index in [2.05, 4.69) is 21.7 Å². The number of pyridine rings is 1. The second-order valence-electron chi connectivity index (χ2n) is 4.74. The number of furan rings is 1. The van der Waals surface area contributed by atoms with Gasteiger partial charge < -0.3 is 8.83 Å². The van der Waals surface area contributed by atoms with E-state index >= 15 is 0 Å². The molecule has 4 nitrogen and oxygen atoms in total. The second-order valence-corrected chi connectivity index (χ2v) is 4.74. The fourth-order valence-electron chi connectivity index (χ4n) is 2.80. The highest BCUT2D eigenvalue weighted by Crippen LogP contribution is 2.34. The highest BCUT2D eigenvalue weighted by Gasteiger charge is 2.36. The van der Waals surface area contributed by atoms with E-state index in [1.54, 1.807) is 6.20 Å². The minimum absolute atomic E-state index is 0.627. The standard InChI is InChI=1S/C15H9N2O2/c1-2-5-10-9(4-1)8-17-14(10)18-12-11-6-3-7-16-13(11)19-15(12)17/h1-7H,8H2/q+1. The van der Waals surface area contributed by atoms with Crippen molar-refractivity contribution in [1.82, 2.24) is 4.98 Å². The summed E-state index contributed by atoms with van der Waals surface area (Å²) in [5.74, 6) is 0.870. The number of benzene rings is 1. The van der Waals surface area contributed by atoms with Gasteiger partial charge in [0.05, 0.1) is 10.9 Å². The molecule has 0 N–H and O–H groups in total. The van der Waals surface area contributed by atoms with Crippen molar-refractivity contribution in [3.8, 4) is 11.5 Å². The van der Waals surface area contributed by atoms with Crippen molar-refractivity contribution in [1.29, 1.82) is 0 Å². The first-order valence-electron chi connectivity index (χ1n) is 6.20. The Bertz CT molecular complexity index is 949. The molecule has 1 aliphatic heterocycles. The summed E-state index contributed by atoms with van der Waals surface area (Å²) < 4.78 is 13.9. The van der Waals surface area contributed by atoms with Gasteiger partial charge in [0, 0.05) is 11.8 Å². The van der Waals surface area contributed by atoms with Crippen molar-refractivity contribution in [3.63, 3.8) is 0 Å². The van der Waals surface area contributed by atoms with Crippen LogP contribution >= 0.6 is 0 Å². The molecule has 5 rings (SSSR count). The number of nitrogens with zero attached hydrogens (tertiary/aromatic N) is 2. The summed E-state index contributed by atoms with van der Waals surface area (Å²) in [6.45, 7) is 0.790. The van der Waals surface area contributed by atoms with Crippen LogP contribution in [0.15, 0.2) is 51.4 Å². The third-order valence-electron chi connectivity index (χ3n) is 3.67. The Kier molecular flexibility index (Phi) is 1.49. The zero-order chi connectivity index (χ0) is 12.4. The van der Waals surface area contributed by atoms with Gasteiger partial charge in [-0.15, -0.1) is 4.57 Å². The van der Waals surface area contributed by atoms with Gasteiger partial charge >= 0.3 is 11.6 Å². The van der Waals surface area contributed by atoms with Crippen LogP contribution in [0.1, 0.15) is 5.56 Å². The quantitative estimate of drug-likeness (QED) is 0.396. The predicted molar refractivity (Wildman–Crippen MR) is 68.5 cm³/mol. The highest BCUT2D eigenvalue weighted by molar-refractivity contribution is 5.97. The Labute approximate surface area is 107 Å². The first kappa shape index (κ1) is 9.33. The van der Waals surface area contributed by atoms with E-state index in [4.69, 9.17) is 8.83 Å². The molecule has 1 aliphatic rings. The number of hydrogen-bond acceptors (Lipinski definition) is 3. The predicted octanol–water partition coefficient (Wildman–Crippen LogP) is 2.89. The molecule has 19 heavy (non-hydrogen) atoms. The lowest BCUT2D eigenvalue weighted by molar-refractivity contribution is -0.655. The van der Waals surface area contributed by atoms with Crippen LogP contribution in [0, 0.1) is 0 Å². The fourth-order valence-corrected chi connectivity index (χ4v) is 2.80. The molecule has 1 aromatic carbocycles. The topological polar surface area (TPSA) is 43.0 Å². The molecule has 0 aliphatic carbocycles. The van der Waals surface area contributed by atoms with Gasteiger partial charge in [-0.25, -0.2) is 4.98 Å². The summed E-state index contributed by atoms with van der Waals surface area (Å²) in [4.78, 5) is 4.23. The normalized spacial score (nSPS) is 13.1. The van der Waals surface area contributed by atoms with Crippen LogP contribution in [0.25, 0.3) is 33.9 Å². The lowest BCUT2D eigenvalue weighted by Crippen LogP contribution is -2.30. The number of oxazole rings is 1. The van der Waals surface area contributed by atoms with Crippen LogP contribution in [0.2, 0.25) is 0 Å². The molecule has 0 spiro atoms. The van der Waals surface area contributed by atoms with Gasteiger partial charge in [-0.1, -0.05) is 18.2 Å². The van der Waals surface area contributed by atoms with E-state index in [9.17, 15) is 0 Å². The molecule has 4 heteroatoms. The number of rotatable bonds is 0. The molecule has 0 amide bonds. The first-order chi connectivity index (χ1) is 9.42. The molecule has 0 saturated carbocycles. The van der Waals surface area contributed by atoms with Crippen molar-refractivity contribution in [2.24, 2.45) is 0 Å². The van der Waals surface area contributed by atoms with E-state index in [-0.39, 0.29) is 0 Å². The van der Waals surface area contributed by atoms with Gasteiger partial charge in [-0.05, 0) is 18.2 Å². The summed E-state index contributed by atoms with van der Waals surface area (Å²) in [5, 5.41) is 0.928. The Morgan fingerprint density at radius 3 is 3.00 bits per heavy atom. The van der Waals surface area contributed by atoms with Crippen molar-refractivity contribution >= 4 is 22.4 Å². The molecular formula is C15H9N2O2+. The number of aromatic nitrogens is 2. The van der Waals surface area contributed by atoms with Gasteiger partial charge in [0.2, 0.25) is 5.71 Å². The summed E-state index contributed by atoms with van der Waals surface area (Å²) in [7, 11) is 0. The second kappa shape index (κ2) is 3.03. The lowest BCUT2D eigenvalue weighted by Gasteiger charge is -1.88. The van der Waals surface area contributed by atoms with Gasteiger partial charge in [0.15, 0.2) is 6.54 Å². The highest BCUT2D eigenvalue weighted by atomic mass is 16.4. The molecular weight excluding hydrogens is 240 g/mol. The third kappa shape index (κ3) is 1.04. The minimum atomic E-state index is 0.627. The Balaban J connectivity index is 1.93. The van der Waals surface area contributed by atoms with Crippen molar-refractivity contribution < 1.29 is 13.4 Å². The Morgan fingerprint density at radius 2 is 2.00 bits per heavy atom. The van der Waals surface area contributed by atoms with E-state index in [0.29, 0.717) is 5.71 Å². The first-order valence-corrected chi connectivity index (χ1v) is 6.20. The van der Waals surface area contributed by atoms with Crippen molar-refractivity contribution in [3.05, 3.63) is 48.2 Å². The van der Waals surface area contributed by atoms with Crippen LogP contribution in [-0.4, -0.2) is 4.98 Å². The summed E-state index contributed by atoms with van der Waals surface area (Å²) in [6.07, 6.45) is 1.73. The summed E-state index contributed by atoms with van der Waals surface area (Å²) in [6, 6.07) is 12.1. The van der Waals surface area contributed by atoms with E-state index in [0.717, 1.165) is 34.7 Å². The third-order valence-corrected chi connectivity index (χ3v) is 3.67. The number of fused-ring (bicyclic) bond motifs is 7. The molecule has 0 bridgehead atoms. The zero-order valence-electron chi connectivity index (χ0n) is 9.96. The monoisotopic (exact) mass is 249 g/mol. The van der Waals surface area contributed by atoms with Gasteiger partial charge in [-0.3, -0.25) is 0 Å². The zero-order valence-corrected chi connectivity index (χ0v) is 9.96. The smallest absolute Gasteiger partial charge is 0.393 e. The largest absolute Gasteiger partial charge is 0.423 e. The average Bonchev–Trinajstić information content (AvgIpc) is 3.07. The molecule has 0 radical (unpaired) electrons. The van der Waals surface area contributed by atoms with Crippen molar-refractivity contribution in [2.45, 2.75) is 6.54 Å². The maximum atomic E-state index is 6.02. The van der Waals surface area contributed by atoms with Crippen LogP contribution in [0.5, 0.6) is 0 Å². The summed E-state index contributed by atoms with van der Waals surface area (Å²) >= 11 is 0. The number of hydrogen-bond donors (Lipinski definition) is 0. The van der Waals surface area contributed by atoms with E-state index in [1.807, 2.05) is 24.3 Å². The maximum Gasteiger partial charge on any atom is 0.423 e. The molecule has 0 saturated heterocycles. The van der Waals surface area contributed by atoms with E-state index in [1.165, 1.54) is 5.56 Å². The Morgan fingerprint density at radius 1 is 1.05 bits per heavy atom. The fraction of sp³-hybridized carbons (Fsp3) is 0.0667. The average molecular weight is 249 g/mol. The maximum absolute atomic E-state index is 6.02. The molecule has 0 fully saturated rings. The molecule has 3 aromatic heterocycles. The minimum Gasteiger partial charge on any atom is -0.393 e. The van der Waals surface area contributed by atoms with Crippen LogP contribution in [-0.2, 0) is 6.54 Å². The molecule has 0 unspecified atom stereocenters. The van der Waals surface area contributed by atoms with Crippen LogP contribution < -0.4 is 4.57 Å². The molecule has 4 heterocycles. The van der Waals surface area contributed by atoms with Gasteiger partial charge in [-0.2, -0.15) is 0 Å². The molecule has 0 atom stereocenters. The van der Waals surface area contributed by atoms with Gasteiger partial charge in [0.1, 0.15) is 0 Å². The van der Waals surface area contributed by atoms with E-state index < -0.39 is 0 Å².